The van der Waals surface area contributed by atoms with E-state index in [0.717, 1.165) is 19.6 Å². The fourth-order valence-corrected chi connectivity index (χ4v) is 2.33. The SMILES string of the molecule is CN1CCCc2cc(CNCCC#N)ccc21. The van der Waals surface area contributed by atoms with Crippen LogP contribution in [0.3, 0.4) is 0 Å². The number of benzene rings is 1. The Kier molecular flexibility index (Phi) is 4.00. The summed E-state index contributed by atoms with van der Waals surface area (Å²) in [6.45, 7) is 2.79. The minimum atomic E-state index is 0.577. The van der Waals surface area contributed by atoms with Crippen LogP contribution in [0.25, 0.3) is 0 Å². The Bertz CT molecular complexity index is 420. The predicted octanol–water partition coefficient (Wildman–Crippen LogP) is 2.07. The molecular formula is C14H19N3. The Morgan fingerprint density at radius 2 is 2.35 bits per heavy atom. The zero-order valence-corrected chi connectivity index (χ0v) is 10.4. The van der Waals surface area contributed by atoms with E-state index in [0.29, 0.717) is 6.42 Å². The normalized spacial score (nSPS) is 14.2. The van der Waals surface area contributed by atoms with E-state index in [2.05, 4.69) is 41.5 Å². The topological polar surface area (TPSA) is 39.1 Å². The van der Waals surface area contributed by atoms with Gasteiger partial charge in [0.25, 0.3) is 0 Å². The molecule has 1 heterocycles. The Labute approximate surface area is 103 Å². The maximum absolute atomic E-state index is 8.46. The lowest BCUT2D eigenvalue weighted by Crippen LogP contribution is -2.25. The third-order valence-electron chi connectivity index (χ3n) is 3.24. The molecule has 17 heavy (non-hydrogen) atoms. The highest BCUT2D eigenvalue weighted by atomic mass is 15.1. The van der Waals surface area contributed by atoms with Crippen molar-refractivity contribution in [2.24, 2.45) is 0 Å². The molecule has 0 saturated heterocycles. The summed E-state index contributed by atoms with van der Waals surface area (Å²) >= 11 is 0. The van der Waals surface area contributed by atoms with E-state index in [1.165, 1.54) is 29.7 Å². The van der Waals surface area contributed by atoms with Gasteiger partial charge in [-0.2, -0.15) is 5.26 Å². The fourth-order valence-electron chi connectivity index (χ4n) is 2.33. The smallest absolute Gasteiger partial charge is 0.0635 e. The number of hydrogen-bond acceptors (Lipinski definition) is 3. The molecule has 90 valence electrons. The van der Waals surface area contributed by atoms with Crippen molar-refractivity contribution in [3.8, 4) is 6.07 Å². The molecule has 0 atom stereocenters. The van der Waals surface area contributed by atoms with Crippen molar-refractivity contribution in [1.29, 1.82) is 5.26 Å². The van der Waals surface area contributed by atoms with Gasteiger partial charge in [-0.3, -0.25) is 0 Å². The predicted molar refractivity (Wildman–Crippen MR) is 70.0 cm³/mol. The summed E-state index contributed by atoms with van der Waals surface area (Å²) in [6.07, 6.45) is 3.01. The minimum Gasteiger partial charge on any atom is -0.374 e. The molecule has 0 amide bonds. The first-order chi connectivity index (χ1) is 8.31. The summed E-state index contributed by atoms with van der Waals surface area (Å²) in [5, 5.41) is 11.7. The first-order valence-electron chi connectivity index (χ1n) is 6.22. The van der Waals surface area contributed by atoms with E-state index < -0.39 is 0 Å². The van der Waals surface area contributed by atoms with Gasteiger partial charge in [-0.15, -0.1) is 0 Å². The van der Waals surface area contributed by atoms with Gasteiger partial charge < -0.3 is 10.2 Å². The van der Waals surface area contributed by atoms with Crippen molar-refractivity contribution in [3.63, 3.8) is 0 Å². The first-order valence-corrected chi connectivity index (χ1v) is 6.22. The van der Waals surface area contributed by atoms with Crippen LogP contribution >= 0.6 is 0 Å². The largest absolute Gasteiger partial charge is 0.374 e. The second kappa shape index (κ2) is 5.70. The molecule has 0 radical (unpaired) electrons. The molecule has 1 N–H and O–H groups in total. The first kappa shape index (κ1) is 11.9. The molecule has 3 heteroatoms. The molecule has 0 saturated carbocycles. The Morgan fingerprint density at radius 1 is 1.47 bits per heavy atom. The molecule has 0 aliphatic carbocycles. The van der Waals surface area contributed by atoms with Gasteiger partial charge in [0.1, 0.15) is 0 Å². The van der Waals surface area contributed by atoms with Crippen molar-refractivity contribution in [2.45, 2.75) is 25.8 Å². The molecule has 0 aromatic heterocycles. The van der Waals surface area contributed by atoms with Gasteiger partial charge in [0.05, 0.1) is 6.07 Å². The number of rotatable bonds is 4. The van der Waals surface area contributed by atoms with Crippen LogP contribution in [0.5, 0.6) is 0 Å². The summed E-state index contributed by atoms with van der Waals surface area (Å²) in [4.78, 5) is 2.33. The van der Waals surface area contributed by atoms with Gasteiger partial charge in [-0.05, 0) is 30.0 Å². The number of fused-ring (bicyclic) bond motifs is 1. The minimum absolute atomic E-state index is 0.577. The molecule has 1 aromatic rings. The van der Waals surface area contributed by atoms with Gasteiger partial charge in [0.2, 0.25) is 0 Å². The molecule has 1 aliphatic heterocycles. The molecular weight excluding hydrogens is 210 g/mol. The van der Waals surface area contributed by atoms with E-state index in [1.54, 1.807) is 0 Å². The molecule has 0 unspecified atom stereocenters. The van der Waals surface area contributed by atoms with Gasteiger partial charge in [0.15, 0.2) is 0 Å². The van der Waals surface area contributed by atoms with E-state index in [4.69, 9.17) is 5.26 Å². The van der Waals surface area contributed by atoms with Crippen LogP contribution in [0, 0.1) is 11.3 Å². The van der Waals surface area contributed by atoms with Gasteiger partial charge in [-0.1, -0.05) is 12.1 Å². The van der Waals surface area contributed by atoms with Crippen molar-refractivity contribution in [3.05, 3.63) is 29.3 Å². The van der Waals surface area contributed by atoms with Crippen molar-refractivity contribution in [1.82, 2.24) is 5.32 Å². The van der Waals surface area contributed by atoms with Crippen LogP contribution in [-0.2, 0) is 13.0 Å². The molecule has 0 fully saturated rings. The summed E-state index contributed by atoms with van der Waals surface area (Å²) in [5.74, 6) is 0. The fraction of sp³-hybridized carbons (Fsp3) is 0.500. The molecule has 3 nitrogen and oxygen atoms in total. The van der Waals surface area contributed by atoms with E-state index in [1.807, 2.05) is 0 Å². The average molecular weight is 229 g/mol. The van der Waals surface area contributed by atoms with Crippen molar-refractivity contribution < 1.29 is 0 Å². The van der Waals surface area contributed by atoms with Crippen LogP contribution in [0.2, 0.25) is 0 Å². The Balaban J connectivity index is 1.99. The summed E-state index contributed by atoms with van der Waals surface area (Å²) in [7, 11) is 2.16. The van der Waals surface area contributed by atoms with E-state index in [-0.39, 0.29) is 0 Å². The number of anilines is 1. The van der Waals surface area contributed by atoms with Crippen molar-refractivity contribution in [2.75, 3.05) is 25.0 Å². The lowest BCUT2D eigenvalue weighted by molar-refractivity contribution is 0.694. The highest BCUT2D eigenvalue weighted by molar-refractivity contribution is 5.56. The van der Waals surface area contributed by atoms with Gasteiger partial charge >= 0.3 is 0 Å². The second-order valence-corrected chi connectivity index (χ2v) is 4.57. The number of hydrogen-bond donors (Lipinski definition) is 1. The Morgan fingerprint density at radius 3 is 3.18 bits per heavy atom. The summed E-state index contributed by atoms with van der Waals surface area (Å²) < 4.78 is 0. The van der Waals surface area contributed by atoms with E-state index >= 15 is 0 Å². The zero-order chi connectivity index (χ0) is 12.1. The maximum Gasteiger partial charge on any atom is 0.0635 e. The van der Waals surface area contributed by atoms with Crippen LogP contribution in [0.15, 0.2) is 18.2 Å². The lowest BCUT2D eigenvalue weighted by Gasteiger charge is -2.27. The van der Waals surface area contributed by atoms with Crippen LogP contribution in [-0.4, -0.2) is 20.1 Å². The number of aryl methyl sites for hydroxylation is 1. The molecule has 0 spiro atoms. The Hall–Kier alpha value is -1.53. The quantitative estimate of drug-likeness (QED) is 0.803. The maximum atomic E-state index is 8.46. The highest BCUT2D eigenvalue weighted by Crippen LogP contribution is 2.26. The lowest BCUT2D eigenvalue weighted by atomic mass is 9.99. The highest BCUT2D eigenvalue weighted by Gasteiger charge is 2.13. The molecule has 1 aromatic carbocycles. The monoisotopic (exact) mass is 229 g/mol. The molecule has 2 rings (SSSR count). The number of nitrogens with zero attached hydrogens (tertiary/aromatic N) is 2. The van der Waals surface area contributed by atoms with Crippen LogP contribution in [0.4, 0.5) is 5.69 Å². The zero-order valence-electron chi connectivity index (χ0n) is 10.4. The van der Waals surface area contributed by atoms with E-state index in [9.17, 15) is 0 Å². The number of nitriles is 1. The molecule has 1 aliphatic rings. The summed E-state index contributed by atoms with van der Waals surface area (Å²) in [5.41, 5.74) is 4.15. The van der Waals surface area contributed by atoms with Crippen molar-refractivity contribution >= 4 is 5.69 Å². The van der Waals surface area contributed by atoms with Crippen LogP contribution < -0.4 is 10.2 Å². The third kappa shape index (κ3) is 2.98. The number of nitrogens with one attached hydrogen (secondary N) is 1. The second-order valence-electron chi connectivity index (χ2n) is 4.57. The van der Waals surface area contributed by atoms with Gasteiger partial charge in [0, 0.05) is 38.8 Å². The third-order valence-corrected chi connectivity index (χ3v) is 3.24. The standard InChI is InChI=1S/C14H19N3/c1-17-9-2-4-13-10-12(5-6-14(13)17)11-16-8-3-7-15/h5-6,10,16H,2-4,8-9,11H2,1H3. The molecule has 0 bridgehead atoms. The van der Waals surface area contributed by atoms with Gasteiger partial charge in [-0.25, -0.2) is 0 Å². The summed E-state index contributed by atoms with van der Waals surface area (Å²) in [6, 6.07) is 8.84. The average Bonchev–Trinajstić information content (AvgIpc) is 2.35. The van der Waals surface area contributed by atoms with Crippen LogP contribution in [0.1, 0.15) is 24.0 Å².